The van der Waals surface area contributed by atoms with Crippen molar-refractivity contribution in [3.8, 4) is 11.1 Å². The molecule has 47 heavy (non-hydrogen) atoms. The highest BCUT2D eigenvalue weighted by Crippen LogP contribution is 2.44. The molecule has 1 aliphatic rings. The van der Waals surface area contributed by atoms with Gasteiger partial charge >= 0.3 is 18.2 Å². The molecule has 3 N–H and O–H groups in total. The SMILES string of the molecule is CC(C)(C)OC(=O)NCCOCCOCCNC(=O)CCC(NC(=O)OCC1c2ccccc2-c2ccccc21)C(=O)OC(C)(C)C. The first-order chi connectivity index (χ1) is 22.2. The molecule has 0 aliphatic heterocycles. The normalized spacial score (nSPS) is 13.1. The van der Waals surface area contributed by atoms with Gasteiger partial charge in [-0.2, -0.15) is 0 Å². The maximum absolute atomic E-state index is 12.9. The monoisotopic (exact) mass is 655 g/mol. The van der Waals surface area contributed by atoms with E-state index < -0.39 is 35.4 Å². The summed E-state index contributed by atoms with van der Waals surface area (Å²) in [5.41, 5.74) is 3.03. The predicted molar refractivity (Wildman–Crippen MR) is 176 cm³/mol. The summed E-state index contributed by atoms with van der Waals surface area (Å²) in [6.45, 7) is 12.4. The zero-order valence-corrected chi connectivity index (χ0v) is 28.3. The topological polar surface area (TPSA) is 151 Å². The Kier molecular flexibility index (Phi) is 14.0. The fraction of sp³-hybridized carbons (Fsp3) is 0.543. The number of carbonyl (C=O) groups is 4. The summed E-state index contributed by atoms with van der Waals surface area (Å²) >= 11 is 0. The molecule has 0 saturated carbocycles. The summed E-state index contributed by atoms with van der Waals surface area (Å²) in [5, 5.41) is 7.94. The molecule has 1 unspecified atom stereocenters. The Morgan fingerprint density at radius 3 is 1.79 bits per heavy atom. The van der Waals surface area contributed by atoms with E-state index in [-0.39, 0.29) is 44.4 Å². The first-order valence-corrected chi connectivity index (χ1v) is 16.0. The molecule has 12 heteroatoms. The van der Waals surface area contributed by atoms with Crippen LogP contribution in [0.3, 0.4) is 0 Å². The Hall–Kier alpha value is -4.16. The lowest BCUT2D eigenvalue weighted by molar-refractivity contribution is -0.157. The second-order valence-electron chi connectivity index (χ2n) is 13.1. The minimum atomic E-state index is -1.08. The molecule has 0 bridgehead atoms. The van der Waals surface area contributed by atoms with Gasteiger partial charge in [0.2, 0.25) is 5.91 Å². The third kappa shape index (κ3) is 13.2. The zero-order chi connectivity index (χ0) is 34.5. The number of hydrogen-bond acceptors (Lipinski definition) is 9. The van der Waals surface area contributed by atoms with E-state index in [9.17, 15) is 19.2 Å². The second-order valence-corrected chi connectivity index (χ2v) is 13.1. The van der Waals surface area contributed by atoms with Crippen molar-refractivity contribution in [3.63, 3.8) is 0 Å². The number of nitrogens with one attached hydrogen (secondary N) is 3. The quantitative estimate of drug-likeness (QED) is 0.133. The molecule has 1 aliphatic carbocycles. The van der Waals surface area contributed by atoms with Crippen LogP contribution in [0.2, 0.25) is 0 Å². The first kappa shape index (κ1) is 37.3. The average molecular weight is 656 g/mol. The van der Waals surface area contributed by atoms with Crippen molar-refractivity contribution < 1.29 is 42.9 Å². The van der Waals surface area contributed by atoms with E-state index in [1.54, 1.807) is 41.5 Å². The molecule has 0 heterocycles. The highest BCUT2D eigenvalue weighted by Gasteiger charge is 2.31. The number of amides is 3. The molecule has 0 spiro atoms. The minimum Gasteiger partial charge on any atom is -0.458 e. The third-order valence-corrected chi connectivity index (χ3v) is 6.84. The summed E-state index contributed by atoms with van der Waals surface area (Å²) in [5.74, 6) is -1.08. The number of rotatable bonds is 16. The van der Waals surface area contributed by atoms with Crippen LogP contribution in [-0.2, 0) is 33.3 Å². The Bertz CT molecular complexity index is 1300. The lowest BCUT2D eigenvalue weighted by Gasteiger charge is -2.24. The van der Waals surface area contributed by atoms with E-state index >= 15 is 0 Å². The third-order valence-electron chi connectivity index (χ3n) is 6.84. The van der Waals surface area contributed by atoms with Gasteiger partial charge in [0.05, 0.1) is 26.4 Å². The zero-order valence-electron chi connectivity index (χ0n) is 28.3. The van der Waals surface area contributed by atoms with Crippen LogP contribution < -0.4 is 16.0 Å². The predicted octanol–water partition coefficient (Wildman–Crippen LogP) is 4.69. The number of fused-ring (bicyclic) bond motifs is 3. The molecule has 1 atom stereocenters. The van der Waals surface area contributed by atoms with Gasteiger partial charge in [0.1, 0.15) is 23.9 Å². The van der Waals surface area contributed by atoms with Crippen LogP contribution in [0.25, 0.3) is 11.1 Å². The molecular weight excluding hydrogens is 606 g/mol. The van der Waals surface area contributed by atoms with Gasteiger partial charge in [-0.1, -0.05) is 48.5 Å². The number of ether oxygens (including phenoxy) is 5. The van der Waals surface area contributed by atoms with Gasteiger partial charge in [-0.15, -0.1) is 0 Å². The van der Waals surface area contributed by atoms with Gasteiger partial charge in [0.25, 0.3) is 0 Å². The molecule has 0 saturated heterocycles. The van der Waals surface area contributed by atoms with Crippen LogP contribution in [-0.4, -0.2) is 87.4 Å². The van der Waals surface area contributed by atoms with Gasteiger partial charge in [-0.05, 0) is 70.2 Å². The van der Waals surface area contributed by atoms with Crippen LogP contribution in [0.1, 0.15) is 71.4 Å². The molecular formula is C35H49N3O9. The molecule has 0 aromatic heterocycles. The molecule has 2 aromatic carbocycles. The molecule has 0 radical (unpaired) electrons. The maximum Gasteiger partial charge on any atom is 0.407 e. The van der Waals surface area contributed by atoms with Crippen molar-refractivity contribution in [1.82, 2.24) is 16.0 Å². The summed E-state index contributed by atoms with van der Waals surface area (Å²) in [7, 11) is 0. The van der Waals surface area contributed by atoms with Gasteiger partial charge in [-0.3, -0.25) is 4.79 Å². The number of esters is 1. The van der Waals surface area contributed by atoms with E-state index in [0.717, 1.165) is 22.3 Å². The molecule has 0 fully saturated rings. The van der Waals surface area contributed by atoms with Crippen molar-refractivity contribution in [2.45, 2.75) is 77.5 Å². The molecule has 3 rings (SSSR count). The number of hydrogen-bond donors (Lipinski definition) is 3. The van der Waals surface area contributed by atoms with Gasteiger partial charge < -0.3 is 39.6 Å². The van der Waals surface area contributed by atoms with E-state index in [4.69, 9.17) is 23.7 Å². The Balaban J connectivity index is 1.37. The molecule has 2 aromatic rings. The second kappa shape index (κ2) is 17.7. The smallest absolute Gasteiger partial charge is 0.407 e. The Morgan fingerprint density at radius 1 is 0.702 bits per heavy atom. The standard InChI is InChI=1S/C35H49N3O9/c1-34(2,3)46-31(40)29(15-16-30(39)36-17-19-43-21-22-44-20-18-37-32(41)47-35(4,5)6)38-33(42)45-23-28-26-13-9-7-11-24(26)25-12-8-10-14-27(25)28/h7-14,28-29H,15-23H2,1-6H3,(H,36,39)(H,37,41)(H,38,42). The van der Waals surface area contributed by atoms with Crippen LogP contribution in [0, 0.1) is 0 Å². The van der Waals surface area contributed by atoms with Crippen molar-refractivity contribution >= 4 is 24.1 Å². The number of benzene rings is 2. The molecule has 3 amide bonds. The van der Waals surface area contributed by atoms with E-state index in [1.807, 2.05) is 36.4 Å². The van der Waals surface area contributed by atoms with Crippen LogP contribution in [0.5, 0.6) is 0 Å². The maximum atomic E-state index is 12.9. The van der Waals surface area contributed by atoms with Crippen LogP contribution in [0.15, 0.2) is 48.5 Å². The minimum absolute atomic E-state index is 0.0248. The highest BCUT2D eigenvalue weighted by atomic mass is 16.6. The van der Waals surface area contributed by atoms with E-state index in [1.165, 1.54) is 0 Å². The number of carbonyl (C=O) groups excluding carboxylic acids is 4. The van der Waals surface area contributed by atoms with Gasteiger partial charge in [0.15, 0.2) is 0 Å². The van der Waals surface area contributed by atoms with Crippen LogP contribution in [0.4, 0.5) is 9.59 Å². The van der Waals surface area contributed by atoms with Gasteiger partial charge in [-0.25, -0.2) is 14.4 Å². The molecule has 258 valence electrons. The van der Waals surface area contributed by atoms with E-state index in [2.05, 4.69) is 28.1 Å². The first-order valence-electron chi connectivity index (χ1n) is 16.0. The Morgan fingerprint density at radius 2 is 1.23 bits per heavy atom. The van der Waals surface area contributed by atoms with Crippen molar-refractivity contribution in [2.24, 2.45) is 0 Å². The number of alkyl carbamates (subject to hydrolysis) is 2. The summed E-state index contributed by atoms with van der Waals surface area (Å²) in [4.78, 5) is 49.9. The molecule has 12 nitrogen and oxygen atoms in total. The fourth-order valence-electron chi connectivity index (χ4n) is 4.89. The van der Waals surface area contributed by atoms with Crippen molar-refractivity contribution in [3.05, 3.63) is 59.7 Å². The van der Waals surface area contributed by atoms with Crippen molar-refractivity contribution in [1.29, 1.82) is 0 Å². The summed E-state index contributed by atoms with van der Waals surface area (Å²) in [6.07, 6.45) is -1.27. The van der Waals surface area contributed by atoms with E-state index in [0.29, 0.717) is 26.4 Å². The summed E-state index contributed by atoms with van der Waals surface area (Å²) < 4.78 is 27.1. The van der Waals surface area contributed by atoms with Crippen LogP contribution >= 0.6 is 0 Å². The lowest BCUT2D eigenvalue weighted by atomic mass is 9.98. The highest BCUT2D eigenvalue weighted by molar-refractivity contribution is 5.83. The Labute approximate surface area is 277 Å². The summed E-state index contributed by atoms with van der Waals surface area (Å²) in [6, 6.07) is 15.0. The largest absolute Gasteiger partial charge is 0.458 e. The lowest BCUT2D eigenvalue weighted by Crippen LogP contribution is -2.45. The van der Waals surface area contributed by atoms with Gasteiger partial charge in [0, 0.05) is 25.4 Å². The average Bonchev–Trinajstić information content (AvgIpc) is 3.30. The fourth-order valence-corrected chi connectivity index (χ4v) is 4.89. The van der Waals surface area contributed by atoms with Crippen molar-refractivity contribution in [2.75, 3.05) is 46.1 Å².